The average molecular weight is 334 g/mol. The van der Waals surface area contributed by atoms with Crippen LogP contribution in [0.1, 0.15) is 16.7 Å². The Balaban J connectivity index is 1.95. The summed E-state index contributed by atoms with van der Waals surface area (Å²) in [6.07, 6.45) is 0.905. The highest BCUT2D eigenvalue weighted by Gasteiger charge is 2.26. The van der Waals surface area contributed by atoms with E-state index in [1.165, 1.54) is 16.7 Å². The van der Waals surface area contributed by atoms with Gasteiger partial charge in [0.2, 0.25) is 0 Å². The van der Waals surface area contributed by atoms with Crippen molar-refractivity contribution in [2.75, 3.05) is 13.7 Å². The fourth-order valence-electron chi connectivity index (χ4n) is 3.61. The van der Waals surface area contributed by atoms with Crippen LogP contribution in [0.4, 0.5) is 0 Å². The summed E-state index contributed by atoms with van der Waals surface area (Å²) in [4.78, 5) is 4.91. The normalized spacial score (nSPS) is 15.9. The molecular formula is C21H22N2O2. The number of hydrogen-bond donors (Lipinski definition) is 1. The molecule has 3 aromatic rings. The molecular weight excluding hydrogens is 312 g/mol. The lowest BCUT2D eigenvalue weighted by atomic mass is 9.99. The number of methoxy groups -OCH3 is 1. The van der Waals surface area contributed by atoms with Gasteiger partial charge in [0.15, 0.2) is 0 Å². The lowest BCUT2D eigenvalue weighted by Gasteiger charge is -2.14. The van der Waals surface area contributed by atoms with Gasteiger partial charge in [0, 0.05) is 23.9 Å². The zero-order valence-electron chi connectivity index (χ0n) is 14.8. The lowest BCUT2D eigenvalue weighted by molar-refractivity contribution is 0.242. The van der Waals surface area contributed by atoms with Gasteiger partial charge in [-0.1, -0.05) is 18.2 Å². The molecule has 0 radical (unpaired) electrons. The third-order valence-electron chi connectivity index (χ3n) is 4.81. The van der Waals surface area contributed by atoms with Crippen LogP contribution >= 0.6 is 0 Å². The molecule has 1 aliphatic rings. The van der Waals surface area contributed by atoms with Crippen molar-refractivity contribution in [1.82, 2.24) is 4.98 Å². The van der Waals surface area contributed by atoms with E-state index in [0.29, 0.717) is 6.54 Å². The minimum Gasteiger partial charge on any atom is -0.494 e. The minimum atomic E-state index is 0.0478. The number of para-hydroxylation sites is 1. The molecule has 0 fully saturated rings. The van der Waals surface area contributed by atoms with E-state index in [0.717, 1.165) is 40.1 Å². The highest BCUT2D eigenvalue weighted by atomic mass is 16.5. The fraction of sp³-hybridized carbons (Fsp3) is 0.286. The molecule has 0 saturated heterocycles. The SMILES string of the molecule is COc1cccc2c(C)cc(-c3cc(C)cc4c3O[C@@H](CN)C4)nc12. The Morgan fingerprint density at radius 1 is 1.24 bits per heavy atom. The smallest absolute Gasteiger partial charge is 0.145 e. The van der Waals surface area contributed by atoms with Gasteiger partial charge < -0.3 is 15.2 Å². The van der Waals surface area contributed by atoms with Gasteiger partial charge in [-0.05, 0) is 48.7 Å². The van der Waals surface area contributed by atoms with Crippen LogP contribution in [0.5, 0.6) is 11.5 Å². The molecule has 0 saturated carbocycles. The third kappa shape index (κ3) is 2.63. The molecule has 25 heavy (non-hydrogen) atoms. The van der Waals surface area contributed by atoms with Crippen LogP contribution in [0.25, 0.3) is 22.2 Å². The summed E-state index contributed by atoms with van der Waals surface area (Å²) >= 11 is 0. The second kappa shape index (κ2) is 6.05. The predicted octanol–water partition coefficient (Wildman–Crippen LogP) is 3.79. The number of hydrogen-bond acceptors (Lipinski definition) is 4. The van der Waals surface area contributed by atoms with Crippen LogP contribution < -0.4 is 15.2 Å². The number of rotatable bonds is 3. The van der Waals surface area contributed by atoms with E-state index in [1.807, 2.05) is 12.1 Å². The van der Waals surface area contributed by atoms with Crippen molar-refractivity contribution >= 4 is 10.9 Å². The Labute approximate surface area is 147 Å². The average Bonchev–Trinajstić information content (AvgIpc) is 3.03. The van der Waals surface area contributed by atoms with E-state index in [9.17, 15) is 0 Å². The number of ether oxygens (including phenoxy) is 2. The van der Waals surface area contributed by atoms with Crippen LogP contribution in [0, 0.1) is 13.8 Å². The second-order valence-electron chi connectivity index (χ2n) is 6.66. The van der Waals surface area contributed by atoms with Gasteiger partial charge in [-0.2, -0.15) is 0 Å². The summed E-state index contributed by atoms with van der Waals surface area (Å²) in [5, 5.41) is 1.10. The summed E-state index contributed by atoms with van der Waals surface area (Å²) in [5.74, 6) is 1.70. The molecule has 1 aliphatic heterocycles. The molecule has 0 bridgehead atoms. The Morgan fingerprint density at radius 2 is 2.08 bits per heavy atom. The van der Waals surface area contributed by atoms with Gasteiger partial charge in [0.1, 0.15) is 23.1 Å². The Morgan fingerprint density at radius 3 is 2.84 bits per heavy atom. The molecule has 1 atom stereocenters. The van der Waals surface area contributed by atoms with Crippen LogP contribution in [-0.2, 0) is 6.42 Å². The first-order valence-corrected chi connectivity index (χ1v) is 8.55. The van der Waals surface area contributed by atoms with Crippen molar-refractivity contribution in [2.45, 2.75) is 26.4 Å². The summed E-state index contributed by atoms with van der Waals surface area (Å²) in [6.45, 7) is 4.73. The standard InChI is InChI=1S/C21H22N2O2/c1-12-7-14-10-15(11-22)25-21(14)17(8-12)18-9-13(2)16-5-4-6-19(24-3)20(16)23-18/h4-9,15H,10-11,22H2,1-3H3/t15-/m1/s1. The number of nitrogens with two attached hydrogens (primary N) is 1. The number of nitrogens with zero attached hydrogens (tertiary/aromatic N) is 1. The Hall–Kier alpha value is -2.59. The molecule has 0 spiro atoms. The zero-order valence-corrected chi connectivity index (χ0v) is 14.8. The molecule has 128 valence electrons. The van der Waals surface area contributed by atoms with Crippen LogP contribution in [0.15, 0.2) is 36.4 Å². The number of aromatic nitrogens is 1. The first-order valence-electron chi connectivity index (χ1n) is 8.55. The van der Waals surface area contributed by atoms with Gasteiger partial charge in [0.05, 0.1) is 12.8 Å². The first-order chi connectivity index (χ1) is 12.1. The van der Waals surface area contributed by atoms with Gasteiger partial charge in [-0.15, -0.1) is 0 Å². The molecule has 1 aromatic heterocycles. The van der Waals surface area contributed by atoms with Crippen LogP contribution in [0.3, 0.4) is 0 Å². The largest absolute Gasteiger partial charge is 0.494 e. The van der Waals surface area contributed by atoms with Gasteiger partial charge in [-0.25, -0.2) is 4.98 Å². The summed E-state index contributed by atoms with van der Waals surface area (Å²) in [7, 11) is 1.68. The Kier molecular flexibility index (Phi) is 3.85. The molecule has 2 N–H and O–H groups in total. The van der Waals surface area contributed by atoms with Crippen molar-refractivity contribution in [3.63, 3.8) is 0 Å². The zero-order chi connectivity index (χ0) is 17.6. The first kappa shape index (κ1) is 15.9. The van der Waals surface area contributed by atoms with Gasteiger partial charge in [-0.3, -0.25) is 0 Å². The molecule has 0 aliphatic carbocycles. The second-order valence-corrected chi connectivity index (χ2v) is 6.66. The molecule has 0 amide bonds. The maximum absolute atomic E-state index is 6.11. The highest BCUT2D eigenvalue weighted by Crippen LogP contribution is 2.40. The maximum atomic E-state index is 6.11. The van der Waals surface area contributed by atoms with Crippen molar-refractivity contribution < 1.29 is 9.47 Å². The summed E-state index contributed by atoms with van der Waals surface area (Å²) in [6, 6.07) is 12.5. The molecule has 4 heteroatoms. The molecule has 2 aromatic carbocycles. The molecule has 4 rings (SSSR count). The van der Waals surface area contributed by atoms with Crippen molar-refractivity contribution in [3.05, 3.63) is 53.1 Å². The van der Waals surface area contributed by atoms with E-state index < -0.39 is 0 Å². The fourth-order valence-corrected chi connectivity index (χ4v) is 3.61. The van der Waals surface area contributed by atoms with Gasteiger partial charge >= 0.3 is 0 Å². The molecule has 2 heterocycles. The summed E-state index contributed by atoms with van der Waals surface area (Å²) in [5.41, 5.74) is 12.2. The maximum Gasteiger partial charge on any atom is 0.145 e. The number of pyridine rings is 1. The van der Waals surface area contributed by atoms with E-state index in [-0.39, 0.29) is 6.10 Å². The van der Waals surface area contributed by atoms with Crippen LogP contribution in [-0.4, -0.2) is 24.7 Å². The van der Waals surface area contributed by atoms with E-state index in [4.69, 9.17) is 20.2 Å². The Bertz CT molecular complexity index is 966. The van der Waals surface area contributed by atoms with Crippen molar-refractivity contribution in [2.24, 2.45) is 5.73 Å². The topological polar surface area (TPSA) is 57.4 Å². The summed E-state index contributed by atoms with van der Waals surface area (Å²) < 4.78 is 11.6. The van der Waals surface area contributed by atoms with Crippen molar-refractivity contribution in [1.29, 1.82) is 0 Å². The van der Waals surface area contributed by atoms with E-state index in [1.54, 1.807) is 7.11 Å². The predicted molar refractivity (Wildman–Crippen MR) is 100 cm³/mol. The molecule has 4 nitrogen and oxygen atoms in total. The van der Waals surface area contributed by atoms with Gasteiger partial charge in [0.25, 0.3) is 0 Å². The quantitative estimate of drug-likeness (QED) is 0.792. The van der Waals surface area contributed by atoms with E-state index >= 15 is 0 Å². The van der Waals surface area contributed by atoms with Crippen molar-refractivity contribution in [3.8, 4) is 22.8 Å². The lowest BCUT2D eigenvalue weighted by Crippen LogP contribution is -2.24. The van der Waals surface area contributed by atoms with Crippen LogP contribution in [0.2, 0.25) is 0 Å². The third-order valence-corrected chi connectivity index (χ3v) is 4.81. The van der Waals surface area contributed by atoms with E-state index in [2.05, 4.69) is 38.1 Å². The number of fused-ring (bicyclic) bond motifs is 2. The number of benzene rings is 2. The highest BCUT2D eigenvalue weighted by molar-refractivity contribution is 5.90. The minimum absolute atomic E-state index is 0.0478. The number of aryl methyl sites for hydroxylation is 2. The molecule has 0 unspecified atom stereocenters. The monoisotopic (exact) mass is 334 g/mol.